The van der Waals surface area contributed by atoms with E-state index in [-0.39, 0.29) is 11.8 Å². The van der Waals surface area contributed by atoms with E-state index in [1.54, 1.807) is 73.1 Å². The molecule has 4 aromatic rings. The lowest BCUT2D eigenvalue weighted by atomic mass is 10.2. The van der Waals surface area contributed by atoms with E-state index in [1.807, 2.05) is 31.1 Å². The minimum Gasteiger partial charge on any atom is -0.437 e. The molecule has 0 spiro atoms. The van der Waals surface area contributed by atoms with Gasteiger partial charge in [-0.2, -0.15) is 0 Å². The third-order valence-electron chi connectivity index (χ3n) is 5.05. The first kappa shape index (κ1) is 26.0. The molecule has 10 heteroatoms. The van der Waals surface area contributed by atoms with Crippen molar-refractivity contribution >= 4 is 34.7 Å². The predicted molar refractivity (Wildman–Crippen MR) is 147 cm³/mol. The fourth-order valence-electron chi connectivity index (χ4n) is 3.28. The number of ether oxygens (including phenoxy) is 1. The average Bonchev–Trinajstić information content (AvgIpc) is 2.90. The molecule has 192 valence electrons. The van der Waals surface area contributed by atoms with Crippen LogP contribution in [0.1, 0.15) is 10.4 Å². The fraction of sp³-hybridized carbons (Fsp3) is 0.107. The Morgan fingerprint density at radius 3 is 2.50 bits per heavy atom. The molecule has 3 N–H and O–H groups in total. The zero-order valence-electron chi connectivity index (χ0n) is 21.0. The van der Waals surface area contributed by atoms with Crippen LogP contribution in [0.5, 0.6) is 11.6 Å². The van der Waals surface area contributed by atoms with Crippen molar-refractivity contribution in [1.29, 1.82) is 0 Å². The van der Waals surface area contributed by atoms with Crippen LogP contribution in [-0.4, -0.2) is 52.3 Å². The van der Waals surface area contributed by atoms with E-state index < -0.39 is 0 Å². The SMILES string of the molecule is CN(C)C/C=C/C(=O)Nc1ccc(C(=O)Nc2cccc(Nc3cc(Oc4cccnc4)ncn3)c2)cc1. The van der Waals surface area contributed by atoms with Crippen molar-refractivity contribution in [3.63, 3.8) is 0 Å². The number of carbonyl (C=O) groups is 2. The molecular formula is C28H27N7O3. The fourth-order valence-corrected chi connectivity index (χ4v) is 3.28. The second-order valence-corrected chi connectivity index (χ2v) is 8.42. The second-order valence-electron chi connectivity index (χ2n) is 8.42. The zero-order valence-corrected chi connectivity index (χ0v) is 21.0. The predicted octanol–water partition coefficient (Wildman–Crippen LogP) is 4.72. The molecule has 2 amide bonds. The van der Waals surface area contributed by atoms with Crippen LogP contribution in [0.4, 0.5) is 22.9 Å². The molecule has 0 unspecified atom stereocenters. The largest absolute Gasteiger partial charge is 0.437 e. The van der Waals surface area contributed by atoms with Gasteiger partial charge >= 0.3 is 0 Å². The molecule has 0 fully saturated rings. The van der Waals surface area contributed by atoms with E-state index in [4.69, 9.17) is 4.74 Å². The van der Waals surface area contributed by atoms with E-state index in [0.29, 0.717) is 46.6 Å². The summed E-state index contributed by atoms with van der Waals surface area (Å²) in [7, 11) is 3.85. The highest BCUT2D eigenvalue weighted by atomic mass is 16.5. The van der Waals surface area contributed by atoms with Gasteiger partial charge in [-0.3, -0.25) is 14.6 Å². The molecule has 0 bridgehead atoms. The van der Waals surface area contributed by atoms with Crippen molar-refractivity contribution in [2.24, 2.45) is 0 Å². The van der Waals surface area contributed by atoms with Crippen LogP contribution in [0.2, 0.25) is 0 Å². The minimum absolute atomic E-state index is 0.229. The first-order valence-electron chi connectivity index (χ1n) is 11.8. The first-order chi connectivity index (χ1) is 18.4. The van der Waals surface area contributed by atoms with Gasteiger partial charge in [-0.25, -0.2) is 9.97 Å². The number of rotatable bonds is 10. The van der Waals surface area contributed by atoms with Gasteiger partial charge in [0.15, 0.2) is 0 Å². The molecule has 0 radical (unpaired) electrons. The number of hydrogen-bond donors (Lipinski definition) is 3. The maximum atomic E-state index is 12.8. The maximum absolute atomic E-state index is 12.8. The standard InChI is InChI=1S/C28H27N7O3/c1-35(2)15-5-9-26(36)33-21-12-10-20(11-13-21)28(37)34-23-7-3-6-22(16-23)32-25-17-27(31-19-30-25)38-24-8-4-14-29-18-24/h3-14,16-19H,15H2,1-2H3,(H,33,36)(H,34,37)(H,30,31,32)/b9-5+. The Balaban J connectivity index is 1.34. The van der Waals surface area contributed by atoms with E-state index in [1.165, 1.54) is 12.4 Å². The van der Waals surface area contributed by atoms with Crippen LogP contribution in [0.15, 0.2) is 97.6 Å². The van der Waals surface area contributed by atoms with Gasteiger partial charge in [0, 0.05) is 47.5 Å². The van der Waals surface area contributed by atoms with Crippen molar-refractivity contribution < 1.29 is 14.3 Å². The molecule has 2 aromatic carbocycles. The Kier molecular flexibility index (Phi) is 8.72. The van der Waals surface area contributed by atoms with Crippen LogP contribution in [0.3, 0.4) is 0 Å². The normalized spacial score (nSPS) is 10.8. The Morgan fingerprint density at radius 1 is 0.921 bits per heavy atom. The van der Waals surface area contributed by atoms with Gasteiger partial charge in [0.2, 0.25) is 11.8 Å². The summed E-state index contributed by atoms with van der Waals surface area (Å²) in [6, 6.07) is 19.1. The Bertz CT molecular complexity index is 1410. The third-order valence-corrected chi connectivity index (χ3v) is 5.05. The summed E-state index contributed by atoms with van der Waals surface area (Å²) in [5.41, 5.74) is 2.37. The van der Waals surface area contributed by atoms with Gasteiger partial charge < -0.3 is 25.6 Å². The number of likely N-dealkylation sites (N-methyl/N-ethyl adjacent to an activating group) is 1. The van der Waals surface area contributed by atoms with Crippen molar-refractivity contribution in [2.75, 3.05) is 36.6 Å². The van der Waals surface area contributed by atoms with Crippen molar-refractivity contribution in [1.82, 2.24) is 19.9 Å². The zero-order chi connectivity index (χ0) is 26.7. The monoisotopic (exact) mass is 509 g/mol. The molecule has 4 rings (SSSR count). The van der Waals surface area contributed by atoms with Gasteiger partial charge in [0.25, 0.3) is 5.91 Å². The van der Waals surface area contributed by atoms with Crippen molar-refractivity contribution in [3.8, 4) is 11.6 Å². The molecule has 2 aromatic heterocycles. The quantitative estimate of drug-likeness (QED) is 0.263. The second kappa shape index (κ2) is 12.7. The molecule has 10 nitrogen and oxygen atoms in total. The number of hydrogen-bond acceptors (Lipinski definition) is 8. The van der Waals surface area contributed by atoms with Crippen LogP contribution >= 0.6 is 0 Å². The summed E-state index contributed by atoms with van der Waals surface area (Å²) >= 11 is 0. The number of nitrogens with one attached hydrogen (secondary N) is 3. The molecule has 0 saturated carbocycles. The third kappa shape index (κ3) is 7.97. The number of anilines is 4. The van der Waals surface area contributed by atoms with Crippen LogP contribution in [0.25, 0.3) is 0 Å². The lowest BCUT2D eigenvalue weighted by Crippen LogP contribution is -2.13. The van der Waals surface area contributed by atoms with E-state index >= 15 is 0 Å². The topological polar surface area (TPSA) is 121 Å². The van der Waals surface area contributed by atoms with Crippen LogP contribution in [0, 0.1) is 0 Å². The highest BCUT2D eigenvalue weighted by molar-refractivity contribution is 6.05. The van der Waals surface area contributed by atoms with Gasteiger partial charge in [-0.05, 0) is 68.7 Å². The van der Waals surface area contributed by atoms with Gasteiger partial charge in [0.1, 0.15) is 17.9 Å². The highest BCUT2D eigenvalue weighted by Crippen LogP contribution is 2.23. The molecule has 0 saturated heterocycles. The van der Waals surface area contributed by atoms with E-state index in [2.05, 4.69) is 30.9 Å². The van der Waals surface area contributed by atoms with E-state index in [0.717, 1.165) is 0 Å². The maximum Gasteiger partial charge on any atom is 0.255 e. The lowest BCUT2D eigenvalue weighted by molar-refractivity contribution is -0.111. The Labute approximate surface area is 220 Å². The van der Waals surface area contributed by atoms with Crippen LogP contribution < -0.4 is 20.7 Å². The molecular weight excluding hydrogens is 482 g/mol. The summed E-state index contributed by atoms with van der Waals surface area (Å²) in [6.07, 6.45) is 7.91. The van der Waals surface area contributed by atoms with Crippen LogP contribution in [-0.2, 0) is 4.79 Å². The molecule has 2 heterocycles. The number of aromatic nitrogens is 3. The smallest absolute Gasteiger partial charge is 0.255 e. The number of benzene rings is 2. The summed E-state index contributed by atoms with van der Waals surface area (Å²) in [6.45, 7) is 0.671. The van der Waals surface area contributed by atoms with Gasteiger partial charge in [0.05, 0.1) is 6.20 Å². The lowest BCUT2D eigenvalue weighted by Gasteiger charge is -2.10. The minimum atomic E-state index is -0.278. The molecule has 0 atom stereocenters. The highest BCUT2D eigenvalue weighted by Gasteiger charge is 2.08. The summed E-state index contributed by atoms with van der Waals surface area (Å²) in [5.74, 6) is 0.947. The summed E-state index contributed by atoms with van der Waals surface area (Å²) < 4.78 is 5.70. The molecule has 0 aliphatic carbocycles. The molecule has 0 aliphatic heterocycles. The molecule has 0 aliphatic rings. The van der Waals surface area contributed by atoms with Gasteiger partial charge in [-0.1, -0.05) is 12.1 Å². The Hall–Kier alpha value is -5.09. The molecule has 38 heavy (non-hydrogen) atoms. The average molecular weight is 510 g/mol. The van der Waals surface area contributed by atoms with Gasteiger partial charge in [-0.15, -0.1) is 0 Å². The number of nitrogens with zero attached hydrogens (tertiary/aromatic N) is 4. The Morgan fingerprint density at radius 2 is 1.74 bits per heavy atom. The summed E-state index contributed by atoms with van der Waals surface area (Å²) in [4.78, 5) is 39.1. The number of carbonyl (C=O) groups excluding carboxylic acids is 2. The van der Waals surface area contributed by atoms with E-state index in [9.17, 15) is 9.59 Å². The van der Waals surface area contributed by atoms with Crippen molar-refractivity contribution in [2.45, 2.75) is 0 Å². The van der Waals surface area contributed by atoms with Crippen molar-refractivity contribution in [3.05, 3.63) is 103 Å². The number of pyridine rings is 1. The number of amides is 2. The summed E-state index contributed by atoms with van der Waals surface area (Å²) in [5, 5.41) is 8.84. The first-order valence-corrected chi connectivity index (χ1v) is 11.8.